The number of carbonyl (C=O) groups is 1. The zero-order valence-electron chi connectivity index (χ0n) is 8.10. The number of aromatic nitrogens is 2. The van der Waals surface area contributed by atoms with E-state index in [1.165, 1.54) is 6.39 Å². The number of nitrogens with zero attached hydrogens (tertiary/aromatic N) is 2. The molecule has 0 aliphatic heterocycles. The first-order valence-electron chi connectivity index (χ1n) is 4.32. The lowest BCUT2D eigenvalue weighted by Crippen LogP contribution is -2.40. The van der Waals surface area contributed by atoms with Crippen LogP contribution in [0.15, 0.2) is 10.9 Å². The minimum absolute atomic E-state index is 0.0133. The fraction of sp³-hybridized carbons (Fsp3) is 0.625. The first-order chi connectivity index (χ1) is 6.61. The van der Waals surface area contributed by atoms with Crippen LogP contribution in [0.5, 0.6) is 0 Å². The zero-order chi connectivity index (χ0) is 10.6. The highest BCUT2D eigenvalue weighted by atomic mass is 16.5. The summed E-state index contributed by atoms with van der Waals surface area (Å²) in [5.41, 5.74) is 0. The molecule has 78 valence electrons. The Morgan fingerprint density at radius 2 is 2.43 bits per heavy atom. The van der Waals surface area contributed by atoms with Crippen molar-refractivity contribution in [3.8, 4) is 0 Å². The van der Waals surface area contributed by atoms with Gasteiger partial charge in [0.05, 0.1) is 6.54 Å². The van der Waals surface area contributed by atoms with Crippen LogP contribution in [0, 0.1) is 5.92 Å². The molecule has 1 aromatic rings. The highest BCUT2D eigenvalue weighted by Gasteiger charge is 2.20. The van der Waals surface area contributed by atoms with Gasteiger partial charge in [0.1, 0.15) is 6.04 Å². The molecule has 0 amide bonds. The van der Waals surface area contributed by atoms with Gasteiger partial charge in [0.25, 0.3) is 0 Å². The van der Waals surface area contributed by atoms with Crippen molar-refractivity contribution in [2.24, 2.45) is 5.92 Å². The average Bonchev–Trinajstić information content (AvgIpc) is 2.55. The van der Waals surface area contributed by atoms with Crippen LogP contribution in [-0.2, 0) is 11.3 Å². The van der Waals surface area contributed by atoms with Crippen LogP contribution >= 0.6 is 0 Å². The van der Waals surface area contributed by atoms with E-state index in [2.05, 4.69) is 20.0 Å². The lowest BCUT2D eigenvalue weighted by Gasteiger charge is -2.16. The van der Waals surface area contributed by atoms with Crippen molar-refractivity contribution in [3.63, 3.8) is 0 Å². The molecule has 1 heterocycles. The van der Waals surface area contributed by atoms with Crippen molar-refractivity contribution in [1.82, 2.24) is 15.5 Å². The third kappa shape index (κ3) is 2.81. The van der Waals surface area contributed by atoms with E-state index >= 15 is 0 Å². The van der Waals surface area contributed by atoms with Crippen LogP contribution in [0.1, 0.15) is 19.7 Å². The van der Waals surface area contributed by atoms with Gasteiger partial charge in [-0.25, -0.2) is 0 Å². The molecule has 14 heavy (non-hydrogen) atoms. The van der Waals surface area contributed by atoms with Gasteiger partial charge in [0.15, 0.2) is 5.82 Å². The number of hydrogen-bond donors (Lipinski definition) is 2. The highest BCUT2D eigenvalue weighted by molar-refractivity contribution is 5.73. The summed E-state index contributed by atoms with van der Waals surface area (Å²) in [5.74, 6) is -0.403. The Morgan fingerprint density at radius 1 is 1.71 bits per heavy atom. The summed E-state index contributed by atoms with van der Waals surface area (Å²) in [4.78, 5) is 14.5. The van der Waals surface area contributed by atoms with Crippen LogP contribution in [0.2, 0.25) is 0 Å². The Hall–Kier alpha value is -1.43. The standard InChI is InChI=1S/C8H13N3O3/c1-5(2)7(8(12)13)9-3-6-10-4-14-11-6/h4-5,7,9H,3H2,1-2H3,(H,12,13). The van der Waals surface area contributed by atoms with Gasteiger partial charge in [0.2, 0.25) is 6.39 Å². The van der Waals surface area contributed by atoms with E-state index < -0.39 is 12.0 Å². The number of carboxylic acids is 1. The highest BCUT2D eigenvalue weighted by Crippen LogP contribution is 2.02. The second-order valence-electron chi connectivity index (χ2n) is 3.29. The quantitative estimate of drug-likeness (QED) is 0.707. The van der Waals surface area contributed by atoms with E-state index in [4.69, 9.17) is 5.11 Å². The minimum atomic E-state index is -0.872. The molecule has 0 radical (unpaired) electrons. The maximum atomic E-state index is 10.8. The molecule has 6 heteroatoms. The summed E-state index contributed by atoms with van der Waals surface area (Å²) in [6.07, 6.45) is 1.21. The van der Waals surface area contributed by atoms with Gasteiger partial charge >= 0.3 is 5.97 Å². The molecular weight excluding hydrogens is 186 g/mol. The summed E-state index contributed by atoms with van der Waals surface area (Å²) >= 11 is 0. The Labute approximate surface area is 81.3 Å². The number of rotatable bonds is 5. The van der Waals surface area contributed by atoms with Crippen LogP contribution in [0.4, 0.5) is 0 Å². The molecule has 1 aromatic heterocycles. The average molecular weight is 199 g/mol. The van der Waals surface area contributed by atoms with E-state index in [-0.39, 0.29) is 5.92 Å². The molecule has 0 aliphatic carbocycles. The smallest absolute Gasteiger partial charge is 0.320 e. The SMILES string of the molecule is CC(C)C(NCc1ncon1)C(=O)O. The summed E-state index contributed by atoms with van der Waals surface area (Å²) in [5, 5.41) is 15.2. The second kappa shape index (κ2) is 4.71. The van der Waals surface area contributed by atoms with E-state index in [1.807, 2.05) is 13.8 Å². The molecule has 1 unspecified atom stereocenters. The molecule has 0 bridgehead atoms. The van der Waals surface area contributed by atoms with Crippen LogP contribution < -0.4 is 5.32 Å². The van der Waals surface area contributed by atoms with Gasteiger partial charge in [-0.15, -0.1) is 0 Å². The van der Waals surface area contributed by atoms with Gasteiger partial charge in [0, 0.05) is 0 Å². The first-order valence-corrected chi connectivity index (χ1v) is 4.32. The maximum Gasteiger partial charge on any atom is 0.320 e. The summed E-state index contributed by atoms with van der Waals surface area (Å²) in [6, 6.07) is -0.589. The number of aliphatic carboxylic acids is 1. The third-order valence-corrected chi connectivity index (χ3v) is 1.82. The molecule has 6 nitrogen and oxygen atoms in total. The minimum Gasteiger partial charge on any atom is -0.480 e. The Morgan fingerprint density at radius 3 is 2.86 bits per heavy atom. The molecule has 0 aromatic carbocycles. The van der Waals surface area contributed by atoms with Gasteiger partial charge in [-0.3, -0.25) is 10.1 Å². The summed E-state index contributed by atoms with van der Waals surface area (Å²) in [6.45, 7) is 3.97. The lowest BCUT2D eigenvalue weighted by molar-refractivity contribution is -0.140. The van der Waals surface area contributed by atoms with Crippen molar-refractivity contribution < 1.29 is 14.4 Å². The molecular formula is C8H13N3O3. The van der Waals surface area contributed by atoms with E-state index in [9.17, 15) is 4.79 Å². The maximum absolute atomic E-state index is 10.8. The van der Waals surface area contributed by atoms with E-state index in [0.717, 1.165) is 0 Å². The molecule has 0 spiro atoms. The zero-order valence-corrected chi connectivity index (χ0v) is 8.10. The summed E-state index contributed by atoms with van der Waals surface area (Å²) < 4.78 is 4.52. The number of hydrogen-bond acceptors (Lipinski definition) is 5. The number of carboxylic acid groups (broad SMARTS) is 1. The van der Waals surface area contributed by atoms with Crippen molar-refractivity contribution in [2.45, 2.75) is 26.4 Å². The fourth-order valence-corrected chi connectivity index (χ4v) is 1.08. The van der Waals surface area contributed by atoms with Crippen LogP contribution in [-0.4, -0.2) is 27.3 Å². The van der Waals surface area contributed by atoms with Gasteiger partial charge in [-0.05, 0) is 5.92 Å². The molecule has 0 fully saturated rings. The van der Waals surface area contributed by atoms with Gasteiger partial charge < -0.3 is 9.63 Å². The largest absolute Gasteiger partial charge is 0.480 e. The molecule has 1 rings (SSSR count). The fourth-order valence-electron chi connectivity index (χ4n) is 1.08. The monoisotopic (exact) mass is 199 g/mol. The summed E-state index contributed by atoms with van der Waals surface area (Å²) in [7, 11) is 0. The molecule has 2 N–H and O–H groups in total. The van der Waals surface area contributed by atoms with Crippen molar-refractivity contribution in [2.75, 3.05) is 0 Å². The first kappa shape index (κ1) is 10.6. The van der Waals surface area contributed by atoms with E-state index in [1.54, 1.807) is 0 Å². The Balaban J connectivity index is 2.45. The molecule has 0 aliphatic rings. The van der Waals surface area contributed by atoms with Crippen molar-refractivity contribution in [3.05, 3.63) is 12.2 Å². The topological polar surface area (TPSA) is 88.3 Å². The second-order valence-corrected chi connectivity index (χ2v) is 3.29. The lowest BCUT2D eigenvalue weighted by atomic mass is 10.1. The third-order valence-electron chi connectivity index (χ3n) is 1.82. The Kier molecular flexibility index (Phi) is 3.58. The predicted molar refractivity (Wildman–Crippen MR) is 47.4 cm³/mol. The van der Waals surface area contributed by atoms with Gasteiger partial charge in [-0.1, -0.05) is 19.0 Å². The van der Waals surface area contributed by atoms with Gasteiger partial charge in [-0.2, -0.15) is 4.98 Å². The van der Waals surface area contributed by atoms with Crippen molar-refractivity contribution >= 4 is 5.97 Å². The van der Waals surface area contributed by atoms with Crippen LogP contribution in [0.25, 0.3) is 0 Å². The molecule has 0 saturated carbocycles. The molecule has 0 saturated heterocycles. The van der Waals surface area contributed by atoms with E-state index in [0.29, 0.717) is 12.4 Å². The predicted octanol–water partition coefficient (Wildman–Crippen LogP) is 0.268. The molecule has 1 atom stereocenters. The van der Waals surface area contributed by atoms with Crippen LogP contribution in [0.3, 0.4) is 0 Å². The normalized spacial score (nSPS) is 13.1. The van der Waals surface area contributed by atoms with Crippen molar-refractivity contribution in [1.29, 1.82) is 0 Å². The number of nitrogens with one attached hydrogen (secondary N) is 1. The Bertz CT molecular complexity index is 284.